The summed E-state index contributed by atoms with van der Waals surface area (Å²) in [5, 5.41) is 0.619. The van der Waals surface area contributed by atoms with E-state index in [0.29, 0.717) is 15.5 Å². The third-order valence-corrected chi connectivity index (χ3v) is 5.76. The van der Waals surface area contributed by atoms with Gasteiger partial charge in [0.2, 0.25) is 0 Å². The van der Waals surface area contributed by atoms with Gasteiger partial charge in [-0.25, -0.2) is 4.90 Å². The van der Waals surface area contributed by atoms with Crippen molar-refractivity contribution in [3.8, 4) is 0 Å². The number of imide groups is 1. The molecular weight excluding hydrogens is 477 g/mol. The summed E-state index contributed by atoms with van der Waals surface area (Å²) in [5.74, 6) is -0.799. The summed E-state index contributed by atoms with van der Waals surface area (Å²) >= 11 is 14.3. The quantitative estimate of drug-likeness (QED) is 0.260. The topological polar surface area (TPSA) is 37.4 Å². The number of carbonyl (C=O) groups excluding carboxylic acids is 2. The summed E-state index contributed by atoms with van der Waals surface area (Å²) in [6.45, 7) is 0. The molecule has 3 rings (SSSR count). The molecule has 0 N–H and O–H groups in total. The zero-order valence-corrected chi connectivity index (χ0v) is 16.6. The Morgan fingerprint density at radius 1 is 1.17 bits per heavy atom. The van der Waals surface area contributed by atoms with Gasteiger partial charge in [-0.15, -0.1) is 0 Å². The van der Waals surface area contributed by atoms with Gasteiger partial charge in [0.15, 0.2) is 4.32 Å². The predicted octanol–water partition coefficient (Wildman–Crippen LogP) is 4.99. The first-order valence-electron chi connectivity index (χ1n) is 6.80. The molecule has 0 atom stereocenters. The molecule has 1 fully saturated rings. The van der Waals surface area contributed by atoms with E-state index in [-0.39, 0.29) is 4.32 Å². The Kier molecular flexibility index (Phi) is 5.39. The third-order valence-electron chi connectivity index (χ3n) is 3.27. The van der Waals surface area contributed by atoms with E-state index in [1.54, 1.807) is 42.5 Å². The highest BCUT2D eigenvalue weighted by Crippen LogP contribution is 2.34. The Hall–Kier alpha value is -1.22. The van der Waals surface area contributed by atoms with Gasteiger partial charge >= 0.3 is 0 Å². The van der Waals surface area contributed by atoms with E-state index < -0.39 is 11.8 Å². The number of benzene rings is 2. The average molecular weight is 486 g/mol. The number of rotatable bonds is 2. The lowest BCUT2D eigenvalue weighted by Gasteiger charge is -2.13. The minimum Gasteiger partial charge on any atom is -0.268 e. The molecule has 2 aromatic rings. The Morgan fingerprint density at radius 2 is 1.83 bits per heavy atom. The Bertz CT molecular complexity index is 880. The second-order valence-electron chi connectivity index (χ2n) is 4.85. The van der Waals surface area contributed by atoms with Crippen LogP contribution in [0.4, 0.5) is 0 Å². The molecule has 1 heterocycles. The van der Waals surface area contributed by atoms with Crippen LogP contribution in [-0.4, -0.2) is 21.0 Å². The summed E-state index contributed by atoms with van der Waals surface area (Å²) in [6, 6.07) is 14.2. The van der Waals surface area contributed by atoms with Crippen LogP contribution >= 0.6 is 58.2 Å². The van der Waals surface area contributed by atoms with Gasteiger partial charge in [-0.2, -0.15) is 0 Å². The van der Waals surface area contributed by atoms with Gasteiger partial charge in [0.25, 0.3) is 11.8 Å². The van der Waals surface area contributed by atoms with Crippen molar-refractivity contribution in [2.75, 3.05) is 0 Å². The number of thiocarbonyl (C=S) groups is 1. The first-order valence-corrected chi connectivity index (χ1v) is 9.48. The van der Waals surface area contributed by atoms with Crippen LogP contribution in [0.5, 0.6) is 0 Å². The number of hydrogen-bond acceptors (Lipinski definition) is 4. The molecule has 0 bridgehead atoms. The first-order chi connectivity index (χ1) is 11.5. The maximum Gasteiger partial charge on any atom is 0.273 e. The van der Waals surface area contributed by atoms with Crippen molar-refractivity contribution >= 4 is 80.4 Å². The molecule has 7 heteroatoms. The number of nitrogens with zero attached hydrogens (tertiary/aromatic N) is 1. The molecule has 2 aromatic carbocycles. The molecule has 0 aliphatic carbocycles. The maximum atomic E-state index is 12.7. The minimum absolute atomic E-state index is 0.241. The number of halogens is 2. The van der Waals surface area contributed by atoms with Crippen LogP contribution < -0.4 is 0 Å². The van der Waals surface area contributed by atoms with Crippen LogP contribution in [0.3, 0.4) is 0 Å². The number of hydrogen-bond donors (Lipinski definition) is 0. The van der Waals surface area contributed by atoms with Crippen molar-refractivity contribution in [3.63, 3.8) is 0 Å². The molecular formula is C17H9ClINO2S2. The zero-order chi connectivity index (χ0) is 17.3. The van der Waals surface area contributed by atoms with E-state index in [1.165, 1.54) is 0 Å². The summed E-state index contributed by atoms with van der Waals surface area (Å²) < 4.78 is 1.01. The fourth-order valence-electron chi connectivity index (χ4n) is 2.11. The van der Waals surface area contributed by atoms with Crippen LogP contribution in [-0.2, 0) is 4.79 Å². The summed E-state index contributed by atoms with van der Waals surface area (Å²) in [5.41, 5.74) is 1.28. The van der Waals surface area contributed by atoms with E-state index in [0.717, 1.165) is 25.8 Å². The molecule has 1 saturated heterocycles. The highest BCUT2D eigenvalue weighted by molar-refractivity contribution is 14.1. The zero-order valence-electron chi connectivity index (χ0n) is 12.0. The highest BCUT2D eigenvalue weighted by Gasteiger charge is 2.37. The lowest BCUT2D eigenvalue weighted by molar-refractivity contribution is -0.120. The van der Waals surface area contributed by atoms with Crippen molar-refractivity contribution in [1.29, 1.82) is 0 Å². The van der Waals surface area contributed by atoms with E-state index in [2.05, 4.69) is 22.6 Å². The molecule has 3 nitrogen and oxygen atoms in total. The Balaban J connectivity index is 1.91. The normalized spacial score (nSPS) is 16.1. The standard InChI is InChI=1S/C17H9ClINO2S2/c18-11-7-5-10(6-8-11)9-14-16(22)20(17(23)24-14)15(21)12-3-1-2-4-13(12)19/h1-9H. The molecule has 0 spiro atoms. The Morgan fingerprint density at radius 3 is 2.50 bits per heavy atom. The number of amides is 2. The largest absolute Gasteiger partial charge is 0.273 e. The van der Waals surface area contributed by atoms with Crippen molar-refractivity contribution < 1.29 is 9.59 Å². The van der Waals surface area contributed by atoms with Gasteiger partial charge in [0.1, 0.15) is 0 Å². The predicted molar refractivity (Wildman–Crippen MR) is 110 cm³/mol. The minimum atomic E-state index is -0.401. The van der Waals surface area contributed by atoms with E-state index in [4.69, 9.17) is 23.8 Å². The first kappa shape index (κ1) is 17.6. The molecule has 0 radical (unpaired) electrons. The van der Waals surface area contributed by atoms with Crippen molar-refractivity contribution in [1.82, 2.24) is 4.90 Å². The van der Waals surface area contributed by atoms with Gasteiger partial charge in [0.05, 0.1) is 10.5 Å². The number of carbonyl (C=O) groups is 2. The van der Waals surface area contributed by atoms with Gasteiger partial charge in [0, 0.05) is 8.59 Å². The van der Waals surface area contributed by atoms with Gasteiger partial charge in [-0.3, -0.25) is 9.59 Å². The van der Waals surface area contributed by atoms with E-state index >= 15 is 0 Å². The van der Waals surface area contributed by atoms with Crippen molar-refractivity contribution in [2.24, 2.45) is 0 Å². The molecule has 0 unspecified atom stereocenters. The fourth-order valence-corrected chi connectivity index (χ4v) is 4.11. The van der Waals surface area contributed by atoms with E-state index in [9.17, 15) is 9.59 Å². The number of thioether (sulfide) groups is 1. The Labute approximate surface area is 167 Å². The monoisotopic (exact) mass is 485 g/mol. The summed E-state index contributed by atoms with van der Waals surface area (Å²) in [7, 11) is 0. The van der Waals surface area contributed by atoms with Gasteiger partial charge in [-0.05, 0) is 58.5 Å². The van der Waals surface area contributed by atoms with Crippen LogP contribution in [0.25, 0.3) is 6.08 Å². The molecule has 2 amide bonds. The van der Waals surface area contributed by atoms with Gasteiger partial charge < -0.3 is 0 Å². The summed E-state index contributed by atoms with van der Waals surface area (Å²) in [6.07, 6.45) is 1.71. The SMILES string of the molecule is O=C1C(=Cc2ccc(Cl)cc2)SC(=S)N1C(=O)c1ccccc1I. The smallest absolute Gasteiger partial charge is 0.268 e. The summed E-state index contributed by atoms with van der Waals surface area (Å²) in [4.78, 5) is 26.8. The molecule has 0 aromatic heterocycles. The molecule has 120 valence electrons. The molecule has 0 saturated carbocycles. The van der Waals surface area contributed by atoms with E-state index in [1.807, 2.05) is 12.1 Å². The lowest BCUT2D eigenvalue weighted by atomic mass is 10.2. The second-order valence-corrected chi connectivity index (χ2v) is 8.13. The third kappa shape index (κ3) is 3.56. The van der Waals surface area contributed by atoms with Gasteiger partial charge in [-0.1, -0.05) is 59.8 Å². The lowest BCUT2D eigenvalue weighted by Crippen LogP contribution is -2.35. The maximum absolute atomic E-state index is 12.7. The fraction of sp³-hybridized carbons (Fsp3) is 0. The van der Waals surface area contributed by atoms with Crippen molar-refractivity contribution in [2.45, 2.75) is 0 Å². The molecule has 1 aliphatic rings. The van der Waals surface area contributed by atoms with Crippen LogP contribution in [0, 0.1) is 3.57 Å². The highest BCUT2D eigenvalue weighted by atomic mass is 127. The van der Waals surface area contributed by atoms with Crippen LogP contribution in [0.1, 0.15) is 15.9 Å². The molecule has 24 heavy (non-hydrogen) atoms. The molecule has 1 aliphatic heterocycles. The van der Waals surface area contributed by atoms with Crippen LogP contribution in [0.15, 0.2) is 53.4 Å². The second kappa shape index (κ2) is 7.35. The average Bonchev–Trinajstić information content (AvgIpc) is 2.83. The van der Waals surface area contributed by atoms with Crippen LogP contribution in [0.2, 0.25) is 5.02 Å². The van der Waals surface area contributed by atoms with Crippen molar-refractivity contribution in [3.05, 3.63) is 73.2 Å².